The van der Waals surface area contributed by atoms with Crippen LogP contribution in [0.1, 0.15) is 23.6 Å². The van der Waals surface area contributed by atoms with E-state index in [2.05, 4.69) is 4.98 Å². The van der Waals surface area contributed by atoms with E-state index in [4.69, 9.17) is 4.78 Å². The number of hydrogen-bond acceptors (Lipinski definition) is 2. The van der Waals surface area contributed by atoms with Crippen molar-refractivity contribution in [2.75, 3.05) is 11.5 Å². The SMILES string of the molecule is N=S1CCC(c2ccc(C(F)(F)F)nc2)C1. The number of halogens is 3. The van der Waals surface area contributed by atoms with Crippen LogP contribution in [-0.4, -0.2) is 16.5 Å². The van der Waals surface area contributed by atoms with Gasteiger partial charge in [-0.15, -0.1) is 10.7 Å². The van der Waals surface area contributed by atoms with Gasteiger partial charge in [-0.25, -0.2) is 0 Å². The minimum absolute atomic E-state index is 0.218. The third-order valence-corrected chi connectivity index (χ3v) is 4.20. The fourth-order valence-corrected chi connectivity index (χ4v) is 3.35. The van der Waals surface area contributed by atoms with E-state index in [1.165, 1.54) is 12.3 Å². The molecule has 0 amide bonds. The van der Waals surface area contributed by atoms with Gasteiger partial charge in [0.1, 0.15) is 5.69 Å². The zero-order chi connectivity index (χ0) is 11.8. The summed E-state index contributed by atoms with van der Waals surface area (Å²) in [5.74, 6) is 1.83. The predicted octanol–water partition coefficient (Wildman–Crippen LogP) is 2.97. The van der Waals surface area contributed by atoms with Crippen LogP contribution < -0.4 is 0 Å². The van der Waals surface area contributed by atoms with Gasteiger partial charge in [0.25, 0.3) is 0 Å². The molecule has 1 saturated heterocycles. The van der Waals surface area contributed by atoms with Crippen LogP contribution in [0.5, 0.6) is 0 Å². The Hall–Kier alpha value is -0.910. The van der Waals surface area contributed by atoms with E-state index in [1.807, 2.05) is 0 Å². The molecule has 2 nitrogen and oxygen atoms in total. The zero-order valence-corrected chi connectivity index (χ0v) is 9.24. The third kappa shape index (κ3) is 2.42. The molecule has 1 aliphatic heterocycles. The van der Waals surface area contributed by atoms with Crippen LogP contribution in [0, 0.1) is 4.78 Å². The number of aromatic nitrogens is 1. The molecule has 1 aliphatic rings. The summed E-state index contributed by atoms with van der Waals surface area (Å²) in [6, 6.07) is 2.51. The van der Waals surface area contributed by atoms with E-state index >= 15 is 0 Å². The summed E-state index contributed by atoms with van der Waals surface area (Å²) in [5, 5.41) is 0. The Bertz CT molecular complexity index is 400. The molecule has 1 N–H and O–H groups in total. The summed E-state index contributed by atoms with van der Waals surface area (Å²) in [6.07, 6.45) is -2.18. The highest BCUT2D eigenvalue weighted by Crippen LogP contribution is 2.30. The molecule has 0 aliphatic carbocycles. The fraction of sp³-hybridized carbons (Fsp3) is 0.500. The molecule has 0 spiro atoms. The lowest BCUT2D eigenvalue weighted by molar-refractivity contribution is -0.141. The molecular formula is C10H11F3N2S. The van der Waals surface area contributed by atoms with Gasteiger partial charge in [-0.1, -0.05) is 6.07 Å². The maximum Gasteiger partial charge on any atom is 0.433 e. The Morgan fingerprint density at radius 1 is 1.38 bits per heavy atom. The average molecular weight is 248 g/mol. The topological polar surface area (TPSA) is 36.7 Å². The number of nitrogens with zero attached hydrogens (tertiary/aromatic N) is 1. The Labute approximate surface area is 93.8 Å². The summed E-state index contributed by atoms with van der Waals surface area (Å²) in [5.41, 5.74) is -0.0191. The molecule has 0 saturated carbocycles. The van der Waals surface area contributed by atoms with Crippen LogP contribution in [0.25, 0.3) is 0 Å². The lowest BCUT2D eigenvalue weighted by atomic mass is 10.0. The van der Waals surface area contributed by atoms with Crippen molar-refractivity contribution in [1.29, 1.82) is 4.78 Å². The number of nitrogens with one attached hydrogen (secondary N) is 1. The number of hydrogen-bond donors (Lipinski definition) is 1. The van der Waals surface area contributed by atoms with Crippen molar-refractivity contribution < 1.29 is 13.2 Å². The van der Waals surface area contributed by atoms with Crippen LogP contribution in [-0.2, 0) is 16.9 Å². The number of rotatable bonds is 1. The molecule has 1 fully saturated rings. The first-order chi connectivity index (χ1) is 7.47. The van der Waals surface area contributed by atoms with Crippen molar-refractivity contribution in [3.8, 4) is 0 Å². The maximum absolute atomic E-state index is 12.3. The zero-order valence-electron chi connectivity index (χ0n) is 8.42. The minimum Gasteiger partial charge on any atom is -0.280 e. The molecule has 2 atom stereocenters. The van der Waals surface area contributed by atoms with Crippen molar-refractivity contribution in [2.24, 2.45) is 0 Å². The number of alkyl halides is 3. The van der Waals surface area contributed by atoms with Crippen LogP contribution in [0.4, 0.5) is 13.2 Å². The van der Waals surface area contributed by atoms with E-state index in [0.717, 1.165) is 29.6 Å². The van der Waals surface area contributed by atoms with Crippen LogP contribution in [0.15, 0.2) is 18.3 Å². The molecule has 1 aromatic rings. The summed E-state index contributed by atoms with van der Waals surface area (Å²) in [6.45, 7) is 0. The largest absolute Gasteiger partial charge is 0.433 e. The van der Waals surface area contributed by atoms with Crippen LogP contribution >= 0.6 is 0 Å². The predicted molar refractivity (Wildman–Crippen MR) is 56.4 cm³/mol. The molecule has 2 rings (SSSR count). The molecule has 0 bridgehead atoms. The van der Waals surface area contributed by atoms with Gasteiger partial charge in [-0.2, -0.15) is 13.2 Å². The maximum atomic E-state index is 12.3. The first kappa shape index (κ1) is 11.6. The second kappa shape index (κ2) is 4.16. The van der Waals surface area contributed by atoms with Gasteiger partial charge in [0, 0.05) is 17.7 Å². The van der Waals surface area contributed by atoms with E-state index in [0.29, 0.717) is 0 Å². The van der Waals surface area contributed by atoms with Crippen LogP contribution in [0.2, 0.25) is 0 Å². The van der Waals surface area contributed by atoms with Gasteiger partial charge >= 0.3 is 6.18 Å². The summed E-state index contributed by atoms with van der Waals surface area (Å²) >= 11 is 0. The number of pyridine rings is 1. The van der Waals surface area contributed by atoms with Crippen molar-refractivity contribution in [3.63, 3.8) is 0 Å². The molecular weight excluding hydrogens is 237 g/mol. The van der Waals surface area contributed by atoms with Crippen molar-refractivity contribution >= 4 is 10.7 Å². The Morgan fingerprint density at radius 2 is 2.12 bits per heavy atom. The lowest BCUT2D eigenvalue weighted by Crippen LogP contribution is -2.08. The highest BCUT2D eigenvalue weighted by molar-refractivity contribution is 7.86. The minimum atomic E-state index is -4.37. The lowest BCUT2D eigenvalue weighted by Gasteiger charge is -2.10. The van der Waals surface area contributed by atoms with E-state index in [9.17, 15) is 13.2 Å². The second-order valence-electron chi connectivity index (χ2n) is 3.82. The molecule has 2 heterocycles. The Kier molecular flexibility index (Phi) is 3.01. The quantitative estimate of drug-likeness (QED) is 0.815. The monoisotopic (exact) mass is 248 g/mol. The van der Waals surface area contributed by atoms with Crippen LogP contribution in [0.3, 0.4) is 0 Å². The van der Waals surface area contributed by atoms with Gasteiger partial charge in [-0.05, 0) is 24.0 Å². The van der Waals surface area contributed by atoms with Crippen molar-refractivity contribution in [2.45, 2.75) is 18.5 Å². The van der Waals surface area contributed by atoms with Gasteiger partial charge in [0.2, 0.25) is 0 Å². The highest BCUT2D eigenvalue weighted by atomic mass is 32.2. The van der Waals surface area contributed by atoms with Gasteiger partial charge in [-0.3, -0.25) is 9.76 Å². The molecule has 88 valence electrons. The molecule has 1 aromatic heterocycles. The highest BCUT2D eigenvalue weighted by Gasteiger charge is 2.32. The molecule has 16 heavy (non-hydrogen) atoms. The van der Waals surface area contributed by atoms with E-state index in [-0.39, 0.29) is 16.6 Å². The third-order valence-electron chi connectivity index (χ3n) is 2.66. The molecule has 6 heteroatoms. The standard InChI is InChI=1S/C10H11F3N2S/c11-10(12,13)9-2-1-7(5-15-9)8-3-4-16(14)6-8/h1-2,5,8,14H,3-4,6H2. The van der Waals surface area contributed by atoms with Crippen molar-refractivity contribution in [3.05, 3.63) is 29.6 Å². The summed E-state index contributed by atoms with van der Waals surface area (Å²) in [4.78, 5) is 3.44. The van der Waals surface area contributed by atoms with Gasteiger partial charge in [0.05, 0.1) is 0 Å². The van der Waals surface area contributed by atoms with E-state index < -0.39 is 11.9 Å². The smallest absolute Gasteiger partial charge is 0.280 e. The normalized spacial score (nSPS) is 25.9. The van der Waals surface area contributed by atoms with Gasteiger partial charge < -0.3 is 0 Å². The van der Waals surface area contributed by atoms with Gasteiger partial charge in [0.15, 0.2) is 0 Å². The molecule has 0 aromatic carbocycles. The summed E-state index contributed by atoms with van der Waals surface area (Å²) < 4.78 is 44.4. The Balaban J connectivity index is 2.17. The van der Waals surface area contributed by atoms with E-state index in [1.54, 1.807) is 0 Å². The average Bonchev–Trinajstić information content (AvgIpc) is 2.64. The first-order valence-electron chi connectivity index (χ1n) is 4.88. The fourth-order valence-electron chi connectivity index (χ4n) is 1.77. The first-order valence-corrected chi connectivity index (χ1v) is 6.45. The summed E-state index contributed by atoms with van der Waals surface area (Å²) in [7, 11) is -0.326. The van der Waals surface area contributed by atoms with Crippen molar-refractivity contribution in [1.82, 2.24) is 4.98 Å². The second-order valence-corrected chi connectivity index (χ2v) is 5.55. The Morgan fingerprint density at radius 3 is 2.56 bits per heavy atom. The molecule has 2 unspecified atom stereocenters. The molecule has 0 radical (unpaired) electrons.